The van der Waals surface area contributed by atoms with E-state index in [1.165, 1.54) is 6.92 Å². The number of nitrogens with one attached hydrogen (secondary N) is 1. The number of para-hydroxylation sites is 1. The van der Waals surface area contributed by atoms with Gasteiger partial charge in [0.05, 0.1) is 5.52 Å². The number of carbonyl (C=O) groups excluding carboxylic acids is 2. The maximum Gasteiger partial charge on any atom is 0.248 e. The quantitative estimate of drug-likeness (QED) is 0.426. The lowest BCUT2D eigenvalue weighted by atomic mass is 10.1. The van der Waals surface area contributed by atoms with Gasteiger partial charge in [0.15, 0.2) is 0 Å². The van der Waals surface area contributed by atoms with Crippen molar-refractivity contribution < 1.29 is 9.59 Å². The van der Waals surface area contributed by atoms with Crippen LogP contribution in [0.3, 0.4) is 0 Å². The summed E-state index contributed by atoms with van der Waals surface area (Å²) in [5.74, 6) is 0.931. The van der Waals surface area contributed by atoms with Gasteiger partial charge < -0.3 is 14.8 Å². The largest absolute Gasteiger partial charge is 0.309 e. The molecule has 0 spiro atoms. The van der Waals surface area contributed by atoms with Crippen molar-refractivity contribution in [2.75, 3.05) is 5.32 Å². The van der Waals surface area contributed by atoms with Gasteiger partial charge in [-0.1, -0.05) is 24.3 Å². The van der Waals surface area contributed by atoms with E-state index in [1.807, 2.05) is 37.4 Å². The third-order valence-electron chi connectivity index (χ3n) is 6.81. The van der Waals surface area contributed by atoms with Crippen molar-refractivity contribution in [1.82, 2.24) is 24.4 Å². The van der Waals surface area contributed by atoms with Crippen LogP contribution >= 0.6 is 15.9 Å². The number of hydrogen-bond donors (Lipinski definition) is 1. The molecule has 4 heterocycles. The van der Waals surface area contributed by atoms with Crippen molar-refractivity contribution >= 4 is 55.5 Å². The van der Waals surface area contributed by atoms with Gasteiger partial charge in [-0.25, -0.2) is 15.0 Å². The van der Waals surface area contributed by atoms with Crippen LogP contribution in [0, 0.1) is 12.8 Å². The molecule has 1 saturated carbocycles. The van der Waals surface area contributed by atoms with Crippen LogP contribution in [0.1, 0.15) is 25.6 Å². The molecule has 2 amide bonds. The maximum absolute atomic E-state index is 13.3. The number of anilines is 1. The van der Waals surface area contributed by atoms with E-state index in [2.05, 4.69) is 41.8 Å². The van der Waals surface area contributed by atoms with Crippen LogP contribution in [0.25, 0.3) is 21.9 Å². The standard InChI is InChI=1S/C24H21BrN6O2/c1-13-26-12-17-16-6-3-4-7-18(16)31(22(17)27-13)24-11-15(24)10-19(30(24)14(2)32)23(33)29-21-9-5-8-20(25)28-21/h3-9,12,15,19H,10-11H2,1-2H3,(H,28,29,33). The summed E-state index contributed by atoms with van der Waals surface area (Å²) in [6, 6.07) is 12.8. The average Bonchev–Trinajstić information content (AvgIpc) is 3.22. The first-order valence-corrected chi connectivity index (χ1v) is 11.7. The minimum Gasteiger partial charge on any atom is -0.309 e. The molecule has 0 radical (unpaired) electrons. The van der Waals surface area contributed by atoms with Crippen molar-refractivity contribution in [1.29, 1.82) is 0 Å². The molecular weight excluding hydrogens is 484 g/mol. The fourth-order valence-electron chi connectivity index (χ4n) is 5.52. The summed E-state index contributed by atoms with van der Waals surface area (Å²) in [6.45, 7) is 3.40. The highest BCUT2D eigenvalue weighted by molar-refractivity contribution is 9.10. The molecule has 33 heavy (non-hydrogen) atoms. The molecule has 1 saturated heterocycles. The number of aromatic nitrogens is 4. The summed E-state index contributed by atoms with van der Waals surface area (Å²) in [6.07, 6.45) is 3.24. The zero-order valence-electron chi connectivity index (χ0n) is 18.1. The fourth-order valence-corrected chi connectivity index (χ4v) is 5.87. The molecule has 2 aliphatic rings. The summed E-state index contributed by atoms with van der Waals surface area (Å²) in [4.78, 5) is 41.6. The van der Waals surface area contributed by atoms with Crippen molar-refractivity contribution in [3.8, 4) is 0 Å². The smallest absolute Gasteiger partial charge is 0.248 e. The van der Waals surface area contributed by atoms with Crippen LogP contribution in [0.2, 0.25) is 0 Å². The lowest BCUT2D eigenvalue weighted by Gasteiger charge is -2.34. The van der Waals surface area contributed by atoms with E-state index in [9.17, 15) is 9.59 Å². The molecule has 3 unspecified atom stereocenters. The van der Waals surface area contributed by atoms with Gasteiger partial charge in [-0.3, -0.25) is 9.59 Å². The second-order valence-electron chi connectivity index (χ2n) is 8.76. The zero-order chi connectivity index (χ0) is 22.9. The van der Waals surface area contributed by atoms with Crippen LogP contribution in [0.5, 0.6) is 0 Å². The predicted octanol–water partition coefficient (Wildman–Crippen LogP) is 3.98. The molecule has 0 bridgehead atoms. The molecule has 3 aromatic heterocycles. The molecule has 1 aliphatic carbocycles. The Kier molecular flexibility index (Phi) is 4.35. The zero-order valence-corrected chi connectivity index (χ0v) is 19.7. The van der Waals surface area contributed by atoms with Crippen LogP contribution < -0.4 is 5.32 Å². The van der Waals surface area contributed by atoms with Gasteiger partial charge in [0, 0.05) is 29.8 Å². The van der Waals surface area contributed by atoms with E-state index in [0.29, 0.717) is 22.7 Å². The molecule has 1 aromatic carbocycles. The third-order valence-corrected chi connectivity index (χ3v) is 7.25. The highest BCUT2D eigenvalue weighted by Crippen LogP contribution is 2.63. The highest BCUT2D eigenvalue weighted by Gasteiger charge is 2.69. The number of halogens is 1. The molecule has 6 rings (SSSR count). The SMILES string of the molecule is CC(=O)N1C(C(=O)Nc2cccc(Br)n2)CC2CC21n1c2ccccc2c2cnc(C)nc21. The lowest BCUT2D eigenvalue weighted by molar-refractivity contribution is -0.140. The van der Waals surface area contributed by atoms with E-state index < -0.39 is 11.7 Å². The van der Waals surface area contributed by atoms with Gasteiger partial charge in [0.25, 0.3) is 0 Å². The number of carbonyl (C=O) groups is 2. The normalized spacial score (nSPS) is 23.7. The summed E-state index contributed by atoms with van der Waals surface area (Å²) in [7, 11) is 0. The topological polar surface area (TPSA) is 93.0 Å². The number of amides is 2. The van der Waals surface area contributed by atoms with Crippen molar-refractivity contribution in [2.24, 2.45) is 5.92 Å². The van der Waals surface area contributed by atoms with E-state index in [1.54, 1.807) is 17.0 Å². The minimum absolute atomic E-state index is 0.130. The fraction of sp³-hybridized carbons (Fsp3) is 0.292. The van der Waals surface area contributed by atoms with Gasteiger partial charge in [0.2, 0.25) is 11.8 Å². The van der Waals surface area contributed by atoms with Gasteiger partial charge in [-0.2, -0.15) is 0 Å². The van der Waals surface area contributed by atoms with Gasteiger partial charge in [0.1, 0.15) is 33.6 Å². The first kappa shape index (κ1) is 20.3. The third kappa shape index (κ3) is 2.91. The maximum atomic E-state index is 13.3. The van der Waals surface area contributed by atoms with E-state index >= 15 is 0 Å². The van der Waals surface area contributed by atoms with Gasteiger partial charge in [-0.05, 0) is 53.9 Å². The second-order valence-corrected chi connectivity index (χ2v) is 9.57. The number of benzene rings is 1. The monoisotopic (exact) mass is 504 g/mol. The molecule has 166 valence electrons. The number of aryl methyl sites for hydroxylation is 1. The first-order chi connectivity index (χ1) is 15.9. The Bertz CT molecular complexity index is 1470. The van der Waals surface area contributed by atoms with Crippen LogP contribution in [0.4, 0.5) is 5.82 Å². The molecular formula is C24H21BrN6O2. The Morgan fingerprint density at radius 1 is 1.12 bits per heavy atom. The number of hydrogen-bond acceptors (Lipinski definition) is 5. The average molecular weight is 505 g/mol. The van der Waals surface area contributed by atoms with Gasteiger partial charge in [-0.15, -0.1) is 0 Å². The van der Waals surface area contributed by atoms with Crippen molar-refractivity contribution in [3.63, 3.8) is 0 Å². The summed E-state index contributed by atoms with van der Waals surface area (Å²) in [5.41, 5.74) is 1.18. The summed E-state index contributed by atoms with van der Waals surface area (Å²) < 4.78 is 2.80. The molecule has 8 nitrogen and oxygen atoms in total. The van der Waals surface area contributed by atoms with E-state index in [4.69, 9.17) is 4.98 Å². The van der Waals surface area contributed by atoms with E-state index in [-0.39, 0.29) is 17.7 Å². The molecule has 3 atom stereocenters. The number of pyridine rings is 1. The number of piperidine rings is 1. The molecule has 1 N–H and O–H groups in total. The molecule has 4 aromatic rings. The first-order valence-electron chi connectivity index (χ1n) is 10.9. The highest BCUT2D eigenvalue weighted by atomic mass is 79.9. The van der Waals surface area contributed by atoms with Crippen molar-refractivity contribution in [2.45, 2.75) is 38.4 Å². The predicted molar refractivity (Wildman–Crippen MR) is 127 cm³/mol. The minimum atomic E-state index is -0.610. The summed E-state index contributed by atoms with van der Waals surface area (Å²) >= 11 is 3.33. The molecule has 1 aliphatic heterocycles. The van der Waals surface area contributed by atoms with Crippen LogP contribution in [-0.4, -0.2) is 42.3 Å². The number of nitrogens with zero attached hydrogens (tertiary/aromatic N) is 5. The Hall–Kier alpha value is -3.33. The Balaban J connectivity index is 1.47. The Labute approximate surface area is 198 Å². The van der Waals surface area contributed by atoms with E-state index in [0.717, 1.165) is 28.4 Å². The second kappa shape index (κ2) is 7.08. The van der Waals surface area contributed by atoms with Crippen molar-refractivity contribution in [3.05, 3.63) is 59.1 Å². The Morgan fingerprint density at radius 3 is 2.73 bits per heavy atom. The lowest BCUT2D eigenvalue weighted by Crippen LogP contribution is -2.50. The number of fused-ring (bicyclic) bond motifs is 4. The summed E-state index contributed by atoms with van der Waals surface area (Å²) in [5, 5.41) is 4.88. The number of likely N-dealkylation sites (tertiary alicyclic amines) is 1. The number of rotatable bonds is 3. The van der Waals surface area contributed by atoms with Crippen LogP contribution in [-0.2, 0) is 15.3 Å². The molecule has 9 heteroatoms. The van der Waals surface area contributed by atoms with Crippen LogP contribution in [0.15, 0.2) is 53.3 Å². The van der Waals surface area contributed by atoms with Gasteiger partial charge >= 0.3 is 0 Å². The molecule has 2 fully saturated rings. The Morgan fingerprint density at radius 2 is 1.94 bits per heavy atom.